The first-order chi connectivity index (χ1) is 6.82. The number of carbonyl (C=O) groups excluding carboxylic acids is 1. The second-order valence-electron chi connectivity index (χ2n) is 3.71. The van der Waals surface area contributed by atoms with Gasteiger partial charge in [0.25, 0.3) is 0 Å². The molecule has 1 aliphatic heterocycles. The van der Waals surface area contributed by atoms with E-state index in [0.29, 0.717) is 0 Å². The largest absolute Gasteiger partial charge is 0.465 e. The number of hydrogen-bond acceptors (Lipinski definition) is 3. The van der Waals surface area contributed by atoms with E-state index in [1.165, 1.54) is 6.92 Å². The highest BCUT2D eigenvalue weighted by Crippen LogP contribution is 2.33. The number of carbonyl (C=O) groups is 2. The van der Waals surface area contributed by atoms with Gasteiger partial charge in [-0.3, -0.25) is 9.69 Å². The second kappa shape index (κ2) is 3.94. The van der Waals surface area contributed by atoms with E-state index in [0.717, 1.165) is 4.90 Å². The number of amides is 1. The van der Waals surface area contributed by atoms with Crippen LogP contribution in [0.1, 0.15) is 6.92 Å². The molecule has 0 saturated carbocycles. The molecule has 5 nitrogen and oxygen atoms in total. The zero-order valence-corrected chi connectivity index (χ0v) is 8.87. The predicted molar refractivity (Wildman–Crippen MR) is 51.4 cm³/mol. The van der Waals surface area contributed by atoms with Gasteiger partial charge < -0.3 is 10.8 Å². The van der Waals surface area contributed by atoms with E-state index in [2.05, 4.69) is 0 Å². The molecule has 0 aliphatic carbocycles. The van der Waals surface area contributed by atoms with Crippen molar-refractivity contribution in [2.75, 3.05) is 12.4 Å². The van der Waals surface area contributed by atoms with Gasteiger partial charge in [-0.2, -0.15) is 0 Å². The van der Waals surface area contributed by atoms with Crippen LogP contribution in [0.15, 0.2) is 0 Å². The number of rotatable bonds is 2. The molecule has 1 heterocycles. The van der Waals surface area contributed by atoms with Crippen molar-refractivity contribution in [2.45, 2.75) is 18.8 Å². The Balaban J connectivity index is 3.00. The van der Waals surface area contributed by atoms with Crippen molar-refractivity contribution < 1.29 is 19.1 Å². The molecule has 1 aliphatic rings. The molecule has 0 aromatic heterocycles. The van der Waals surface area contributed by atoms with E-state index in [1.54, 1.807) is 0 Å². The average Bonchev–Trinajstić information content (AvgIpc) is 2.35. The number of hydrogen-bond donors (Lipinski definition) is 2. The second-order valence-corrected chi connectivity index (χ2v) is 3.98. The molecule has 1 saturated heterocycles. The molecule has 1 fully saturated rings. The fraction of sp³-hybridized carbons (Fsp3) is 0.750. The Morgan fingerprint density at radius 1 is 1.73 bits per heavy atom. The molecular weight excluding hydrogens is 227 g/mol. The van der Waals surface area contributed by atoms with E-state index in [-0.39, 0.29) is 5.88 Å². The maximum absolute atomic E-state index is 13.5. The molecule has 86 valence electrons. The Bertz CT molecular complexity index is 298. The summed E-state index contributed by atoms with van der Waals surface area (Å²) in [5.41, 5.74) is 4.13. The predicted octanol–water partition coefficient (Wildman–Crippen LogP) is 0.417. The highest BCUT2D eigenvalue weighted by Gasteiger charge is 2.54. The molecule has 0 aromatic carbocycles. The van der Waals surface area contributed by atoms with Crippen LogP contribution in [0.3, 0.4) is 0 Å². The first-order valence-corrected chi connectivity index (χ1v) is 4.88. The SMILES string of the molecule is CC1(N)C(C(=O)CCl)C(F)CN1C(=O)O. The maximum atomic E-state index is 13.5. The molecule has 3 unspecified atom stereocenters. The molecule has 3 N–H and O–H groups in total. The first-order valence-electron chi connectivity index (χ1n) is 4.34. The summed E-state index contributed by atoms with van der Waals surface area (Å²) < 4.78 is 13.5. The van der Waals surface area contributed by atoms with E-state index < -0.39 is 36.2 Å². The summed E-state index contributed by atoms with van der Waals surface area (Å²) in [5, 5.41) is 8.77. The minimum atomic E-state index is -1.60. The number of nitrogens with two attached hydrogens (primary N) is 1. The fourth-order valence-electron chi connectivity index (χ4n) is 1.91. The Hall–Kier alpha value is -0.880. The summed E-state index contributed by atoms with van der Waals surface area (Å²) in [5.74, 6) is -2.13. The molecular formula is C8H12ClFN2O3. The van der Waals surface area contributed by atoms with Gasteiger partial charge in [0, 0.05) is 0 Å². The molecule has 3 atom stereocenters. The van der Waals surface area contributed by atoms with E-state index in [1.807, 2.05) is 0 Å². The van der Waals surface area contributed by atoms with Crippen molar-refractivity contribution in [1.29, 1.82) is 0 Å². The lowest BCUT2D eigenvalue weighted by Gasteiger charge is -2.32. The fourth-order valence-corrected chi connectivity index (χ4v) is 2.07. The topological polar surface area (TPSA) is 83.6 Å². The highest BCUT2D eigenvalue weighted by molar-refractivity contribution is 6.28. The van der Waals surface area contributed by atoms with Gasteiger partial charge in [0.2, 0.25) is 0 Å². The lowest BCUT2D eigenvalue weighted by molar-refractivity contribution is -0.123. The van der Waals surface area contributed by atoms with E-state index >= 15 is 0 Å². The van der Waals surface area contributed by atoms with Crippen LogP contribution in [0.4, 0.5) is 9.18 Å². The van der Waals surface area contributed by atoms with Gasteiger partial charge in [0.15, 0.2) is 5.78 Å². The van der Waals surface area contributed by atoms with E-state index in [9.17, 15) is 14.0 Å². The number of ketones is 1. The lowest BCUT2D eigenvalue weighted by atomic mass is 9.91. The van der Waals surface area contributed by atoms with Crippen LogP contribution < -0.4 is 5.73 Å². The average molecular weight is 239 g/mol. The molecule has 0 radical (unpaired) electrons. The highest BCUT2D eigenvalue weighted by atomic mass is 35.5. The van der Waals surface area contributed by atoms with Crippen molar-refractivity contribution >= 4 is 23.5 Å². The molecule has 15 heavy (non-hydrogen) atoms. The number of halogens is 2. The minimum absolute atomic E-state index is 0.370. The van der Waals surface area contributed by atoms with E-state index in [4.69, 9.17) is 22.4 Å². The Morgan fingerprint density at radius 3 is 2.60 bits per heavy atom. The zero-order chi connectivity index (χ0) is 11.8. The number of carboxylic acid groups (broad SMARTS) is 1. The van der Waals surface area contributed by atoms with Gasteiger partial charge in [-0.1, -0.05) is 0 Å². The molecule has 1 amide bonds. The third kappa shape index (κ3) is 1.91. The van der Waals surface area contributed by atoms with Gasteiger partial charge in [-0.15, -0.1) is 11.6 Å². The minimum Gasteiger partial charge on any atom is -0.465 e. The van der Waals surface area contributed by atoms with Crippen molar-refractivity contribution in [1.82, 2.24) is 4.90 Å². The van der Waals surface area contributed by atoms with Crippen LogP contribution in [-0.2, 0) is 4.79 Å². The maximum Gasteiger partial charge on any atom is 0.408 e. The number of alkyl halides is 2. The molecule has 0 bridgehead atoms. The van der Waals surface area contributed by atoms with Crippen LogP contribution in [0, 0.1) is 5.92 Å². The first kappa shape index (κ1) is 12.2. The van der Waals surface area contributed by atoms with Crippen molar-refractivity contribution in [3.63, 3.8) is 0 Å². The number of nitrogens with zero attached hydrogens (tertiary/aromatic N) is 1. The molecule has 7 heteroatoms. The van der Waals surface area contributed by atoms with Crippen LogP contribution >= 0.6 is 11.6 Å². The Morgan fingerprint density at radius 2 is 2.27 bits per heavy atom. The Kier molecular flexibility index (Phi) is 3.20. The van der Waals surface area contributed by atoms with Crippen molar-refractivity contribution in [3.8, 4) is 0 Å². The van der Waals surface area contributed by atoms with Crippen LogP contribution in [0.5, 0.6) is 0 Å². The summed E-state index contributed by atoms with van der Waals surface area (Å²) >= 11 is 5.31. The lowest BCUT2D eigenvalue weighted by Crippen LogP contribution is -2.57. The monoisotopic (exact) mass is 238 g/mol. The summed E-state index contributed by atoms with van der Waals surface area (Å²) in [6.07, 6.45) is -2.94. The zero-order valence-electron chi connectivity index (χ0n) is 8.11. The van der Waals surface area contributed by atoms with Gasteiger partial charge in [-0.25, -0.2) is 9.18 Å². The summed E-state index contributed by atoms with van der Waals surface area (Å²) in [6.45, 7) is 0.922. The van der Waals surface area contributed by atoms with Crippen molar-refractivity contribution in [2.24, 2.45) is 11.7 Å². The quantitative estimate of drug-likeness (QED) is 0.683. The molecule has 0 aromatic rings. The number of Topliss-reactive ketones (excluding diaryl/α,β-unsaturated/α-hetero) is 1. The van der Waals surface area contributed by atoms with Gasteiger partial charge in [0.05, 0.1) is 18.3 Å². The van der Waals surface area contributed by atoms with Gasteiger partial charge in [0.1, 0.15) is 11.8 Å². The normalized spacial score (nSPS) is 35.6. The molecule has 1 rings (SSSR count). The standard InChI is InChI=1S/C8H12ClFN2O3/c1-8(11)6(5(13)2-9)4(10)3-12(8)7(14)15/h4,6H,2-3,11H2,1H3,(H,14,15). The summed E-state index contributed by atoms with van der Waals surface area (Å²) in [4.78, 5) is 22.8. The third-order valence-electron chi connectivity index (χ3n) is 2.64. The van der Waals surface area contributed by atoms with Gasteiger partial charge >= 0.3 is 6.09 Å². The van der Waals surface area contributed by atoms with Crippen molar-refractivity contribution in [3.05, 3.63) is 0 Å². The van der Waals surface area contributed by atoms with Gasteiger partial charge in [-0.05, 0) is 6.92 Å². The van der Waals surface area contributed by atoms with Crippen LogP contribution in [-0.4, -0.2) is 46.1 Å². The van der Waals surface area contributed by atoms with Crippen LogP contribution in [0.25, 0.3) is 0 Å². The third-order valence-corrected chi connectivity index (χ3v) is 2.90. The summed E-state index contributed by atoms with van der Waals surface area (Å²) in [7, 11) is 0. The summed E-state index contributed by atoms with van der Waals surface area (Å²) in [6, 6.07) is 0. The molecule has 0 spiro atoms. The smallest absolute Gasteiger partial charge is 0.408 e. The Labute approximate surface area is 91.0 Å². The number of likely N-dealkylation sites (tertiary alicyclic amines) is 1. The van der Waals surface area contributed by atoms with Crippen LogP contribution in [0.2, 0.25) is 0 Å².